The topological polar surface area (TPSA) is 59.8 Å². The Morgan fingerprint density at radius 3 is 2.79 bits per heavy atom. The Bertz CT molecular complexity index is 548. The van der Waals surface area contributed by atoms with E-state index in [1.54, 1.807) is 23.3 Å². The lowest BCUT2D eigenvalue weighted by Gasteiger charge is -2.06. The summed E-state index contributed by atoms with van der Waals surface area (Å²) in [4.78, 5) is 16.1. The van der Waals surface area contributed by atoms with Crippen LogP contribution in [0.25, 0.3) is 0 Å². The van der Waals surface area contributed by atoms with Gasteiger partial charge in [-0.15, -0.1) is 0 Å². The summed E-state index contributed by atoms with van der Waals surface area (Å²) in [7, 11) is 1.87. The largest absolute Gasteiger partial charge is 0.348 e. The molecule has 0 atom stereocenters. The number of pyridine rings is 1. The zero-order valence-electron chi connectivity index (χ0n) is 11.3. The molecule has 2 heterocycles. The molecular formula is C14H18N4O. The van der Waals surface area contributed by atoms with Crippen LogP contribution in [0.1, 0.15) is 35.0 Å². The van der Waals surface area contributed by atoms with Crippen LogP contribution in [0.2, 0.25) is 0 Å². The van der Waals surface area contributed by atoms with Gasteiger partial charge in [0.1, 0.15) is 0 Å². The first kappa shape index (κ1) is 13.3. The monoisotopic (exact) mass is 258 g/mol. The van der Waals surface area contributed by atoms with E-state index in [9.17, 15) is 4.79 Å². The summed E-state index contributed by atoms with van der Waals surface area (Å²) < 4.78 is 1.77. The molecule has 0 aliphatic rings. The van der Waals surface area contributed by atoms with E-state index in [0.29, 0.717) is 12.1 Å². The van der Waals surface area contributed by atoms with Crippen molar-refractivity contribution in [2.45, 2.75) is 26.3 Å². The second-order valence-corrected chi connectivity index (χ2v) is 4.42. The molecule has 100 valence electrons. The molecule has 19 heavy (non-hydrogen) atoms. The molecule has 5 heteroatoms. The molecule has 0 spiro atoms. The summed E-state index contributed by atoms with van der Waals surface area (Å²) in [6.07, 6.45) is 6.91. The number of hydrogen-bond donors (Lipinski definition) is 1. The minimum absolute atomic E-state index is 0.0756. The lowest BCUT2D eigenvalue weighted by atomic mass is 10.1. The fourth-order valence-corrected chi connectivity index (χ4v) is 1.96. The molecule has 5 nitrogen and oxygen atoms in total. The Labute approximate surface area is 112 Å². The van der Waals surface area contributed by atoms with Crippen LogP contribution in [0.15, 0.2) is 30.7 Å². The molecule has 0 bridgehead atoms. The predicted molar refractivity (Wildman–Crippen MR) is 72.6 cm³/mol. The van der Waals surface area contributed by atoms with Crippen LogP contribution in [0.4, 0.5) is 0 Å². The fraction of sp³-hybridized carbons (Fsp3) is 0.357. The Balaban J connectivity index is 2.04. The Morgan fingerprint density at radius 1 is 1.37 bits per heavy atom. The number of carbonyl (C=O) groups excluding carboxylic acids is 1. The number of carbonyl (C=O) groups is 1. The van der Waals surface area contributed by atoms with Gasteiger partial charge in [0.25, 0.3) is 5.91 Å². The molecule has 0 aliphatic carbocycles. The summed E-state index contributed by atoms with van der Waals surface area (Å²) in [5, 5.41) is 7.06. The van der Waals surface area contributed by atoms with Gasteiger partial charge in [-0.3, -0.25) is 14.5 Å². The Morgan fingerprint density at radius 2 is 2.11 bits per heavy atom. The third kappa shape index (κ3) is 3.19. The summed E-state index contributed by atoms with van der Waals surface area (Å²) in [5.74, 6) is -0.0756. The second-order valence-electron chi connectivity index (χ2n) is 4.42. The van der Waals surface area contributed by atoms with E-state index in [1.165, 1.54) is 0 Å². The molecule has 0 aliphatic heterocycles. The van der Waals surface area contributed by atoms with Crippen LogP contribution in [-0.2, 0) is 20.0 Å². The molecule has 0 fully saturated rings. The van der Waals surface area contributed by atoms with Crippen molar-refractivity contribution in [1.29, 1.82) is 0 Å². The zero-order valence-corrected chi connectivity index (χ0v) is 11.3. The van der Waals surface area contributed by atoms with Crippen molar-refractivity contribution in [2.24, 2.45) is 7.05 Å². The van der Waals surface area contributed by atoms with Gasteiger partial charge in [0.05, 0.1) is 17.5 Å². The number of hydrogen-bond acceptors (Lipinski definition) is 3. The molecule has 1 N–H and O–H groups in total. The van der Waals surface area contributed by atoms with Crippen molar-refractivity contribution in [3.05, 3.63) is 47.5 Å². The number of aromatic nitrogens is 3. The molecule has 0 unspecified atom stereocenters. The molecular weight excluding hydrogens is 240 g/mol. The maximum atomic E-state index is 12.1. The number of nitrogens with one attached hydrogen (secondary N) is 1. The Kier molecular flexibility index (Phi) is 4.28. The van der Waals surface area contributed by atoms with Gasteiger partial charge >= 0.3 is 0 Å². The Hall–Kier alpha value is -2.17. The van der Waals surface area contributed by atoms with Crippen molar-refractivity contribution in [1.82, 2.24) is 20.1 Å². The van der Waals surface area contributed by atoms with E-state index >= 15 is 0 Å². The van der Waals surface area contributed by atoms with Crippen molar-refractivity contribution in [3.8, 4) is 0 Å². The maximum absolute atomic E-state index is 12.1. The van der Waals surface area contributed by atoms with Crippen LogP contribution >= 0.6 is 0 Å². The average molecular weight is 258 g/mol. The molecule has 0 aromatic carbocycles. The maximum Gasteiger partial charge on any atom is 0.255 e. The molecule has 1 amide bonds. The van der Waals surface area contributed by atoms with Crippen LogP contribution in [0.5, 0.6) is 0 Å². The smallest absolute Gasteiger partial charge is 0.255 e. The van der Waals surface area contributed by atoms with Gasteiger partial charge in [-0.25, -0.2) is 0 Å². The van der Waals surface area contributed by atoms with Gasteiger partial charge in [0.15, 0.2) is 0 Å². The highest BCUT2D eigenvalue weighted by atomic mass is 16.1. The van der Waals surface area contributed by atoms with E-state index in [1.807, 2.05) is 19.2 Å². The lowest BCUT2D eigenvalue weighted by Crippen LogP contribution is -2.23. The van der Waals surface area contributed by atoms with Gasteiger partial charge in [-0.05, 0) is 24.1 Å². The van der Waals surface area contributed by atoms with Crippen molar-refractivity contribution in [3.63, 3.8) is 0 Å². The summed E-state index contributed by atoms with van der Waals surface area (Å²) in [6, 6.07) is 3.77. The molecule has 2 rings (SSSR count). The minimum Gasteiger partial charge on any atom is -0.348 e. The molecule has 0 saturated carbocycles. The third-order valence-electron chi connectivity index (χ3n) is 3.00. The van der Waals surface area contributed by atoms with Crippen LogP contribution in [0, 0.1) is 0 Å². The van der Waals surface area contributed by atoms with E-state index in [0.717, 1.165) is 24.1 Å². The highest BCUT2D eigenvalue weighted by molar-refractivity contribution is 5.95. The van der Waals surface area contributed by atoms with E-state index in [4.69, 9.17) is 0 Å². The lowest BCUT2D eigenvalue weighted by molar-refractivity contribution is 0.0950. The SMILES string of the molecule is CCCc1c(C(=O)NCc2ccncc2)cnn1C. The highest BCUT2D eigenvalue weighted by Gasteiger charge is 2.14. The van der Waals surface area contributed by atoms with E-state index in [2.05, 4.69) is 22.3 Å². The standard InChI is InChI=1S/C14H18N4O/c1-3-4-13-12(10-17-18(13)2)14(19)16-9-11-5-7-15-8-6-11/h5-8,10H,3-4,9H2,1-2H3,(H,16,19). The normalized spacial score (nSPS) is 10.4. The molecule has 0 radical (unpaired) electrons. The van der Waals surface area contributed by atoms with Gasteiger partial charge < -0.3 is 5.32 Å². The minimum atomic E-state index is -0.0756. The van der Waals surface area contributed by atoms with Crippen molar-refractivity contribution in [2.75, 3.05) is 0 Å². The van der Waals surface area contributed by atoms with Crippen LogP contribution in [-0.4, -0.2) is 20.7 Å². The first-order valence-electron chi connectivity index (χ1n) is 6.40. The van der Waals surface area contributed by atoms with Crippen LogP contribution < -0.4 is 5.32 Å². The van der Waals surface area contributed by atoms with Gasteiger partial charge in [-0.1, -0.05) is 13.3 Å². The highest BCUT2D eigenvalue weighted by Crippen LogP contribution is 2.10. The van der Waals surface area contributed by atoms with Gasteiger partial charge in [-0.2, -0.15) is 5.10 Å². The number of nitrogens with zero attached hydrogens (tertiary/aromatic N) is 3. The summed E-state index contributed by atoms with van der Waals surface area (Å²) >= 11 is 0. The second kappa shape index (κ2) is 6.13. The summed E-state index contributed by atoms with van der Waals surface area (Å²) in [5.41, 5.74) is 2.68. The molecule has 2 aromatic heterocycles. The number of amides is 1. The first-order chi connectivity index (χ1) is 9.22. The number of rotatable bonds is 5. The zero-order chi connectivity index (χ0) is 13.7. The van der Waals surface area contributed by atoms with Gasteiger partial charge in [0.2, 0.25) is 0 Å². The molecule has 0 saturated heterocycles. The van der Waals surface area contributed by atoms with Gasteiger partial charge in [0, 0.05) is 26.0 Å². The summed E-state index contributed by atoms with van der Waals surface area (Å²) in [6.45, 7) is 2.59. The van der Waals surface area contributed by atoms with E-state index in [-0.39, 0.29) is 5.91 Å². The van der Waals surface area contributed by atoms with E-state index < -0.39 is 0 Å². The van der Waals surface area contributed by atoms with Crippen molar-refractivity contribution < 1.29 is 4.79 Å². The first-order valence-corrected chi connectivity index (χ1v) is 6.40. The van der Waals surface area contributed by atoms with Crippen molar-refractivity contribution >= 4 is 5.91 Å². The molecule has 2 aromatic rings. The average Bonchev–Trinajstić information content (AvgIpc) is 2.80. The fourth-order valence-electron chi connectivity index (χ4n) is 1.96. The third-order valence-corrected chi connectivity index (χ3v) is 3.00. The van der Waals surface area contributed by atoms with Crippen LogP contribution in [0.3, 0.4) is 0 Å². The quantitative estimate of drug-likeness (QED) is 0.888. The predicted octanol–water partition coefficient (Wildman–Crippen LogP) is 1.70. The number of aryl methyl sites for hydroxylation is 1.